The average Bonchev–Trinajstić information content (AvgIpc) is 2.42. The van der Waals surface area contributed by atoms with Crippen LogP contribution in [0.25, 0.3) is 0 Å². The van der Waals surface area contributed by atoms with E-state index in [9.17, 15) is 9.90 Å². The maximum Gasteiger partial charge on any atom is 0.254 e. The molecule has 0 saturated heterocycles. The molecular formula is C13H22N4O3. The molecular weight excluding hydrogens is 260 g/mol. The number of carbonyl (C=O) groups excluding carboxylic acids is 1. The van der Waals surface area contributed by atoms with Gasteiger partial charge in [0, 0.05) is 19.3 Å². The van der Waals surface area contributed by atoms with Crippen LogP contribution in [0.3, 0.4) is 0 Å². The molecule has 7 heteroatoms. The lowest BCUT2D eigenvalue weighted by Crippen LogP contribution is -2.42. The van der Waals surface area contributed by atoms with E-state index < -0.39 is 5.60 Å². The third-order valence-corrected chi connectivity index (χ3v) is 3.28. The van der Waals surface area contributed by atoms with Gasteiger partial charge in [0.25, 0.3) is 5.91 Å². The average molecular weight is 282 g/mol. The van der Waals surface area contributed by atoms with E-state index >= 15 is 0 Å². The van der Waals surface area contributed by atoms with Gasteiger partial charge in [0.1, 0.15) is 0 Å². The lowest BCUT2D eigenvalue weighted by atomic mass is 9.94. The molecule has 1 unspecified atom stereocenters. The zero-order chi connectivity index (χ0) is 15.2. The molecule has 0 spiro atoms. The molecule has 112 valence electrons. The Balaban J connectivity index is 2.66. The van der Waals surface area contributed by atoms with Crippen molar-refractivity contribution in [1.29, 1.82) is 0 Å². The molecule has 7 nitrogen and oxygen atoms in total. The molecule has 1 heterocycles. The predicted octanol–water partition coefficient (Wildman–Crippen LogP) is 0.0106. The van der Waals surface area contributed by atoms with Crippen molar-refractivity contribution >= 4 is 11.9 Å². The van der Waals surface area contributed by atoms with Crippen LogP contribution < -0.4 is 11.1 Å². The highest BCUT2D eigenvalue weighted by atomic mass is 16.3. The second kappa shape index (κ2) is 7.16. The minimum absolute atomic E-state index is 0.0150. The van der Waals surface area contributed by atoms with E-state index in [1.54, 1.807) is 6.92 Å². The normalized spacial score (nSPS) is 13.8. The van der Waals surface area contributed by atoms with Crippen LogP contribution in [0.15, 0.2) is 6.20 Å². The fourth-order valence-electron chi connectivity index (χ4n) is 1.85. The fraction of sp³-hybridized carbons (Fsp3) is 0.615. The Bertz CT molecular complexity index is 467. The Hall–Kier alpha value is -1.73. The quantitative estimate of drug-likeness (QED) is 0.559. The second-order valence-corrected chi connectivity index (χ2v) is 4.82. The van der Waals surface area contributed by atoms with Crippen LogP contribution in [0.5, 0.6) is 0 Å². The maximum atomic E-state index is 12.0. The molecule has 0 aliphatic heterocycles. The molecule has 0 saturated carbocycles. The summed E-state index contributed by atoms with van der Waals surface area (Å²) < 4.78 is 0. The van der Waals surface area contributed by atoms with Gasteiger partial charge in [-0.15, -0.1) is 0 Å². The zero-order valence-electron chi connectivity index (χ0n) is 11.9. The number of amides is 1. The summed E-state index contributed by atoms with van der Waals surface area (Å²) in [5, 5.41) is 21.8. The van der Waals surface area contributed by atoms with Crippen molar-refractivity contribution in [3.63, 3.8) is 0 Å². The smallest absolute Gasteiger partial charge is 0.254 e. The molecule has 1 aromatic heterocycles. The number of nitrogens with one attached hydrogen (secondary N) is 1. The van der Waals surface area contributed by atoms with E-state index in [2.05, 4.69) is 15.3 Å². The van der Waals surface area contributed by atoms with Gasteiger partial charge >= 0.3 is 0 Å². The van der Waals surface area contributed by atoms with Gasteiger partial charge in [0.05, 0.1) is 16.9 Å². The molecule has 0 fully saturated rings. The van der Waals surface area contributed by atoms with Crippen LogP contribution in [0.2, 0.25) is 0 Å². The number of hydrogen-bond donors (Lipinski definition) is 4. The van der Waals surface area contributed by atoms with Gasteiger partial charge < -0.3 is 21.3 Å². The number of carbonyl (C=O) groups is 1. The molecule has 0 aliphatic rings. The summed E-state index contributed by atoms with van der Waals surface area (Å²) >= 11 is 0. The van der Waals surface area contributed by atoms with E-state index in [1.165, 1.54) is 6.20 Å². The number of nitrogens with zero attached hydrogens (tertiary/aromatic N) is 2. The van der Waals surface area contributed by atoms with E-state index in [0.717, 1.165) is 0 Å². The number of anilines is 1. The summed E-state index contributed by atoms with van der Waals surface area (Å²) in [6.07, 6.45) is 2.78. The van der Waals surface area contributed by atoms with Crippen LogP contribution in [-0.4, -0.2) is 44.8 Å². The molecule has 0 bridgehead atoms. The summed E-state index contributed by atoms with van der Waals surface area (Å²) in [6.45, 7) is 3.64. The number of aryl methyl sites for hydroxylation is 1. The Morgan fingerprint density at radius 2 is 2.25 bits per heavy atom. The van der Waals surface area contributed by atoms with Gasteiger partial charge in [-0.05, 0) is 26.2 Å². The lowest BCUT2D eigenvalue weighted by molar-refractivity contribution is 0.0212. The number of aliphatic hydroxyl groups excluding tert-OH is 1. The number of aliphatic hydroxyl groups is 2. The molecule has 1 rings (SSSR count). The topological polar surface area (TPSA) is 121 Å². The van der Waals surface area contributed by atoms with Crippen molar-refractivity contribution < 1.29 is 15.0 Å². The molecule has 1 atom stereocenters. The van der Waals surface area contributed by atoms with E-state index in [1.807, 2.05) is 6.92 Å². The van der Waals surface area contributed by atoms with Crippen LogP contribution in [0.1, 0.15) is 42.2 Å². The minimum atomic E-state index is -1.01. The van der Waals surface area contributed by atoms with Gasteiger partial charge in [-0.2, -0.15) is 0 Å². The van der Waals surface area contributed by atoms with Crippen molar-refractivity contribution in [1.82, 2.24) is 15.3 Å². The predicted molar refractivity (Wildman–Crippen MR) is 75.1 cm³/mol. The highest BCUT2D eigenvalue weighted by molar-refractivity contribution is 5.95. The van der Waals surface area contributed by atoms with Crippen molar-refractivity contribution in [2.75, 3.05) is 18.9 Å². The first-order chi connectivity index (χ1) is 9.41. The Morgan fingerprint density at radius 1 is 1.55 bits per heavy atom. The molecule has 1 aromatic rings. The molecule has 0 aromatic carbocycles. The maximum absolute atomic E-state index is 12.0. The molecule has 5 N–H and O–H groups in total. The molecule has 0 radical (unpaired) electrons. The van der Waals surface area contributed by atoms with Gasteiger partial charge in [0.2, 0.25) is 5.95 Å². The van der Waals surface area contributed by atoms with Gasteiger partial charge in [-0.25, -0.2) is 9.97 Å². The summed E-state index contributed by atoms with van der Waals surface area (Å²) in [5.41, 5.74) is 5.24. The standard InChI is InChI=1S/C13H22N4O3/c1-3-13(20,5-4-6-18)8-16-11(19)10-7-15-12(14)17-9(10)2/h7,18,20H,3-6,8H2,1-2H3,(H,16,19)(H2,14,15,17). The third kappa shape index (κ3) is 4.43. The Morgan fingerprint density at radius 3 is 2.80 bits per heavy atom. The number of hydrogen-bond acceptors (Lipinski definition) is 6. The molecule has 20 heavy (non-hydrogen) atoms. The first kappa shape index (κ1) is 16.3. The van der Waals surface area contributed by atoms with Crippen LogP contribution in [0.4, 0.5) is 5.95 Å². The first-order valence-electron chi connectivity index (χ1n) is 6.62. The Kier molecular flexibility index (Phi) is 5.84. The largest absolute Gasteiger partial charge is 0.396 e. The van der Waals surface area contributed by atoms with Crippen LogP contribution >= 0.6 is 0 Å². The highest BCUT2D eigenvalue weighted by Crippen LogP contribution is 2.16. The minimum Gasteiger partial charge on any atom is -0.396 e. The van der Waals surface area contributed by atoms with E-state index in [-0.39, 0.29) is 25.0 Å². The monoisotopic (exact) mass is 282 g/mol. The van der Waals surface area contributed by atoms with Gasteiger partial charge in [0.15, 0.2) is 0 Å². The van der Waals surface area contributed by atoms with Crippen molar-refractivity contribution in [2.45, 2.75) is 38.7 Å². The lowest BCUT2D eigenvalue weighted by Gasteiger charge is -2.26. The van der Waals surface area contributed by atoms with Crippen molar-refractivity contribution in [2.24, 2.45) is 0 Å². The Labute approximate surface area is 118 Å². The fourth-order valence-corrected chi connectivity index (χ4v) is 1.85. The summed E-state index contributed by atoms with van der Waals surface area (Å²) in [6, 6.07) is 0. The van der Waals surface area contributed by atoms with Crippen molar-refractivity contribution in [3.05, 3.63) is 17.5 Å². The summed E-state index contributed by atoms with van der Waals surface area (Å²) in [5.74, 6) is -0.231. The second-order valence-electron chi connectivity index (χ2n) is 4.82. The van der Waals surface area contributed by atoms with Gasteiger partial charge in [-0.3, -0.25) is 4.79 Å². The van der Waals surface area contributed by atoms with E-state index in [0.29, 0.717) is 30.5 Å². The zero-order valence-corrected chi connectivity index (χ0v) is 11.9. The summed E-state index contributed by atoms with van der Waals surface area (Å²) in [7, 11) is 0. The number of rotatable bonds is 7. The third-order valence-electron chi connectivity index (χ3n) is 3.28. The van der Waals surface area contributed by atoms with Crippen LogP contribution in [0, 0.1) is 6.92 Å². The SMILES string of the molecule is CCC(O)(CCCO)CNC(=O)c1cnc(N)nc1C. The van der Waals surface area contributed by atoms with E-state index in [4.69, 9.17) is 10.8 Å². The number of nitrogens with two attached hydrogens (primary N) is 1. The van der Waals surface area contributed by atoms with Crippen molar-refractivity contribution in [3.8, 4) is 0 Å². The molecule has 0 aliphatic carbocycles. The molecule has 1 amide bonds. The first-order valence-corrected chi connectivity index (χ1v) is 6.62. The van der Waals surface area contributed by atoms with Gasteiger partial charge in [-0.1, -0.05) is 6.92 Å². The van der Waals surface area contributed by atoms with Crippen LogP contribution in [-0.2, 0) is 0 Å². The summed E-state index contributed by atoms with van der Waals surface area (Å²) in [4.78, 5) is 19.7. The number of aromatic nitrogens is 2. The highest BCUT2D eigenvalue weighted by Gasteiger charge is 2.25. The number of nitrogen functional groups attached to an aromatic ring is 1.